The molecule has 1 heterocycles. The Bertz CT molecular complexity index is 718. The molecule has 0 fully saturated rings. The third-order valence-corrected chi connectivity index (χ3v) is 2.86. The molecule has 0 saturated carbocycles. The number of hydrogen-bond acceptors (Lipinski definition) is 7. The second-order valence-corrected chi connectivity index (χ2v) is 4.37. The van der Waals surface area contributed by atoms with Crippen LogP contribution < -0.4 is 5.32 Å². The summed E-state index contributed by atoms with van der Waals surface area (Å²) in [5, 5.41) is 2.90. The zero-order valence-electron chi connectivity index (χ0n) is 12.9. The van der Waals surface area contributed by atoms with Crippen LogP contribution >= 0.6 is 0 Å². The molecule has 7 heteroatoms. The summed E-state index contributed by atoms with van der Waals surface area (Å²) in [4.78, 5) is 32.2. The Kier molecular flexibility index (Phi) is 5.62. The van der Waals surface area contributed by atoms with E-state index in [4.69, 9.17) is 9.47 Å². The van der Waals surface area contributed by atoms with Gasteiger partial charge in [-0.15, -0.1) is 0 Å². The van der Waals surface area contributed by atoms with Gasteiger partial charge in [0.1, 0.15) is 5.52 Å². The van der Waals surface area contributed by atoms with Gasteiger partial charge in [-0.2, -0.15) is 0 Å². The Balaban J connectivity index is 2.31. The van der Waals surface area contributed by atoms with Gasteiger partial charge in [-0.1, -0.05) is 6.07 Å². The molecule has 0 amide bonds. The fraction of sp³-hybridized carbons (Fsp3) is 0.250. The molecule has 120 valence electrons. The van der Waals surface area contributed by atoms with Gasteiger partial charge in [0.2, 0.25) is 0 Å². The number of anilines is 1. The first-order valence-corrected chi connectivity index (χ1v) is 7.18. The number of fused-ring (bicyclic) bond motifs is 1. The third kappa shape index (κ3) is 4.03. The predicted octanol–water partition coefficient (Wildman–Crippen LogP) is 2.05. The average Bonchev–Trinajstić information content (AvgIpc) is 2.55. The number of ether oxygens (including phenoxy) is 2. The van der Waals surface area contributed by atoms with Crippen LogP contribution in [0.15, 0.2) is 42.4 Å². The highest BCUT2D eigenvalue weighted by Crippen LogP contribution is 2.19. The molecule has 2 aromatic rings. The van der Waals surface area contributed by atoms with Gasteiger partial charge in [-0.05, 0) is 26.0 Å². The molecule has 1 aromatic carbocycles. The highest BCUT2D eigenvalue weighted by Gasteiger charge is 2.21. The Morgan fingerprint density at radius 3 is 2.39 bits per heavy atom. The maximum atomic E-state index is 11.9. The molecule has 0 unspecified atom stereocenters. The summed E-state index contributed by atoms with van der Waals surface area (Å²) in [7, 11) is 0. The zero-order chi connectivity index (χ0) is 16.7. The van der Waals surface area contributed by atoms with Crippen LogP contribution in [-0.2, 0) is 19.1 Å². The molecule has 2 rings (SSSR count). The van der Waals surface area contributed by atoms with E-state index in [9.17, 15) is 9.59 Å². The number of aromatic nitrogens is 2. The first-order chi connectivity index (χ1) is 11.2. The van der Waals surface area contributed by atoms with Crippen molar-refractivity contribution in [3.63, 3.8) is 0 Å². The summed E-state index contributed by atoms with van der Waals surface area (Å²) >= 11 is 0. The predicted molar refractivity (Wildman–Crippen MR) is 84.5 cm³/mol. The van der Waals surface area contributed by atoms with E-state index in [2.05, 4.69) is 15.3 Å². The van der Waals surface area contributed by atoms with Crippen LogP contribution in [0.2, 0.25) is 0 Å². The van der Waals surface area contributed by atoms with Crippen LogP contribution in [0.1, 0.15) is 13.8 Å². The standard InChI is InChI=1S/C16H17N3O4/c1-3-22-15(20)11(16(21)23-4-2)10-19-13-7-5-6-12-14(13)18-9-8-17-12/h5-10,19H,3-4H2,1-2H3. The minimum Gasteiger partial charge on any atom is -0.462 e. The maximum Gasteiger partial charge on any atom is 0.347 e. The topological polar surface area (TPSA) is 90.4 Å². The van der Waals surface area contributed by atoms with Crippen molar-refractivity contribution in [2.45, 2.75) is 13.8 Å². The van der Waals surface area contributed by atoms with Gasteiger partial charge >= 0.3 is 11.9 Å². The number of rotatable bonds is 6. The molecule has 0 atom stereocenters. The van der Waals surface area contributed by atoms with E-state index in [1.165, 1.54) is 6.20 Å². The Labute approximate surface area is 133 Å². The Morgan fingerprint density at radius 2 is 1.74 bits per heavy atom. The van der Waals surface area contributed by atoms with Gasteiger partial charge in [-0.3, -0.25) is 9.97 Å². The van der Waals surface area contributed by atoms with Crippen LogP contribution in [0, 0.1) is 0 Å². The van der Waals surface area contributed by atoms with Crippen LogP contribution in [0.5, 0.6) is 0 Å². The average molecular weight is 315 g/mol. The van der Waals surface area contributed by atoms with Crippen LogP contribution in [0.4, 0.5) is 5.69 Å². The lowest BCUT2D eigenvalue weighted by molar-refractivity contribution is -0.146. The molecule has 1 N–H and O–H groups in total. The second kappa shape index (κ2) is 7.88. The third-order valence-electron chi connectivity index (χ3n) is 2.86. The van der Waals surface area contributed by atoms with Gasteiger partial charge in [0, 0.05) is 18.6 Å². The first-order valence-electron chi connectivity index (χ1n) is 7.18. The first kappa shape index (κ1) is 16.4. The van der Waals surface area contributed by atoms with Crippen molar-refractivity contribution in [3.05, 3.63) is 42.4 Å². The molecule has 0 aliphatic heterocycles. The SMILES string of the molecule is CCOC(=O)C(=CNc1cccc2nccnc12)C(=O)OCC. The quantitative estimate of drug-likeness (QED) is 0.377. The van der Waals surface area contributed by atoms with Crippen molar-refractivity contribution in [1.82, 2.24) is 9.97 Å². The molecule has 0 bridgehead atoms. The van der Waals surface area contributed by atoms with E-state index in [0.717, 1.165) is 0 Å². The molecule has 0 spiro atoms. The highest BCUT2D eigenvalue weighted by molar-refractivity contribution is 6.14. The number of hydrogen-bond donors (Lipinski definition) is 1. The Hall–Kier alpha value is -2.96. The number of nitrogens with one attached hydrogen (secondary N) is 1. The summed E-state index contributed by atoms with van der Waals surface area (Å²) in [6.07, 6.45) is 4.42. The number of esters is 2. The maximum absolute atomic E-state index is 11.9. The fourth-order valence-electron chi connectivity index (χ4n) is 1.88. The van der Waals surface area contributed by atoms with E-state index in [0.29, 0.717) is 16.7 Å². The minimum absolute atomic E-state index is 0.162. The van der Waals surface area contributed by atoms with Gasteiger partial charge in [0.25, 0.3) is 0 Å². The van der Waals surface area contributed by atoms with E-state index < -0.39 is 11.9 Å². The molecular formula is C16H17N3O4. The van der Waals surface area contributed by atoms with Crippen LogP contribution in [-0.4, -0.2) is 35.1 Å². The van der Waals surface area contributed by atoms with E-state index >= 15 is 0 Å². The molecule has 0 aliphatic carbocycles. The van der Waals surface area contributed by atoms with Gasteiger partial charge < -0.3 is 14.8 Å². The number of para-hydroxylation sites is 1. The summed E-state index contributed by atoms with van der Waals surface area (Å²) in [6.45, 7) is 3.65. The second-order valence-electron chi connectivity index (χ2n) is 4.37. The summed E-state index contributed by atoms with van der Waals surface area (Å²) in [5.41, 5.74) is 1.72. The van der Waals surface area contributed by atoms with Gasteiger partial charge in [0.05, 0.1) is 24.4 Å². The lowest BCUT2D eigenvalue weighted by Crippen LogP contribution is -2.19. The molecule has 0 saturated heterocycles. The normalized spacial score (nSPS) is 10.0. The van der Waals surface area contributed by atoms with Crippen LogP contribution in [0.25, 0.3) is 11.0 Å². The molecular weight excluding hydrogens is 298 g/mol. The molecule has 0 aliphatic rings. The molecule has 0 radical (unpaired) electrons. The van der Waals surface area contributed by atoms with E-state index in [-0.39, 0.29) is 18.8 Å². The van der Waals surface area contributed by atoms with Crippen molar-refractivity contribution in [2.75, 3.05) is 18.5 Å². The fourth-order valence-corrected chi connectivity index (χ4v) is 1.88. The van der Waals surface area contributed by atoms with Crippen molar-refractivity contribution in [3.8, 4) is 0 Å². The van der Waals surface area contributed by atoms with Gasteiger partial charge in [-0.25, -0.2) is 9.59 Å². The molecule has 7 nitrogen and oxygen atoms in total. The molecule has 1 aromatic heterocycles. The molecule has 23 heavy (non-hydrogen) atoms. The Morgan fingerprint density at radius 1 is 1.09 bits per heavy atom. The summed E-state index contributed by atoms with van der Waals surface area (Å²) < 4.78 is 9.74. The lowest BCUT2D eigenvalue weighted by Gasteiger charge is -2.08. The van der Waals surface area contributed by atoms with Gasteiger partial charge in [0.15, 0.2) is 5.57 Å². The largest absolute Gasteiger partial charge is 0.462 e. The smallest absolute Gasteiger partial charge is 0.347 e. The minimum atomic E-state index is -0.746. The highest BCUT2D eigenvalue weighted by atomic mass is 16.6. The zero-order valence-corrected chi connectivity index (χ0v) is 12.9. The monoisotopic (exact) mass is 315 g/mol. The van der Waals surface area contributed by atoms with Crippen molar-refractivity contribution < 1.29 is 19.1 Å². The number of carbonyl (C=O) groups is 2. The summed E-state index contributed by atoms with van der Waals surface area (Å²) in [5.74, 6) is -1.49. The number of nitrogens with zero attached hydrogens (tertiary/aromatic N) is 2. The number of carbonyl (C=O) groups excluding carboxylic acids is 2. The van der Waals surface area contributed by atoms with E-state index in [1.807, 2.05) is 6.07 Å². The van der Waals surface area contributed by atoms with Crippen LogP contribution in [0.3, 0.4) is 0 Å². The lowest BCUT2D eigenvalue weighted by atomic mass is 10.2. The van der Waals surface area contributed by atoms with Crippen molar-refractivity contribution in [2.24, 2.45) is 0 Å². The van der Waals surface area contributed by atoms with Crippen molar-refractivity contribution in [1.29, 1.82) is 0 Å². The summed E-state index contributed by atoms with van der Waals surface area (Å²) in [6, 6.07) is 5.37. The van der Waals surface area contributed by atoms with Crippen molar-refractivity contribution >= 4 is 28.7 Å². The van der Waals surface area contributed by atoms with E-state index in [1.54, 1.807) is 38.4 Å². The number of benzene rings is 1.